The van der Waals surface area contributed by atoms with Crippen LogP contribution in [0.15, 0.2) is 12.1 Å². The lowest BCUT2D eigenvalue weighted by Gasteiger charge is -2.10. The number of carbonyl (C=O) groups is 1. The van der Waals surface area contributed by atoms with Gasteiger partial charge in [-0.05, 0) is 12.1 Å². The van der Waals surface area contributed by atoms with Crippen LogP contribution in [0.1, 0.15) is 10.5 Å². The normalized spacial score (nSPS) is 11.1. The summed E-state index contributed by atoms with van der Waals surface area (Å²) in [6.07, 6.45) is -4.92. The van der Waals surface area contributed by atoms with E-state index in [1.807, 2.05) is 0 Å². The zero-order valence-electron chi connectivity index (χ0n) is 7.21. The Morgan fingerprint density at radius 2 is 2.00 bits per heavy atom. The van der Waals surface area contributed by atoms with Crippen molar-refractivity contribution in [3.63, 3.8) is 0 Å². The summed E-state index contributed by atoms with van der Waals surface area (Å²) in [7, 11) is 0. The molecule has 0 bridgehead atoms. The predicted octanol–water partition coefficient (Wildman–Crippen LogP) is 0.661. The third-order valence-corrected chi connectivity index (χ3v) is 1.35. The van der Waals surface area contributed by atoms with Gasteiger partial charge in [0, 0.05) is 0 Å². The quantitative estimate of drug-likeness (QED) is 0.767. The number of amides is 1. The molecule has 8 heteroatoms. The van der Waals surface area contributed by atoms with Gasteiger partial charge in [-0.25, -0.2) is 4.98 Å². The van der Waals surface area contributed by atoms with Crippen molar-refractivity contribution in [1.29, 1.82) is 0 Å². The van der Waals surface area contributed by atoms with E-state index in [2.05, 4.69) is 9.72 Å². The zero-order chi connectivity index (χ0) is 11.6. The molecule has 0 fully saturated rings. The fourth-order valence-corrected chi connectivity index (χ4v) is 0.780. The highest BCUT2D eigenvalue weighted by Gasteiger charge is 2.33. The van der Waals surface area contributed by atoms with Crippen LogP contribution in [0.4, 0.5) is 18.9 Å². The van der Waals surface area contributed by atoms with E-state index in [0.29, 0.717) is 0 Å². The molecule has 0 saturated carbocycles. The average Bonchev–Trinajstić information content (AvgIpc) is 2.06. The van der Waals surface area contributed by atoms with Gasteiger partial charge >= 0.3 is 6.36 Å². The third-order valence-electron chi connectivity index (χ3n) is 1.35. The van der Waals surface area contributed by atoms with Gasteiger partial charge in [-0.1, -0.05) is 0 Å². The summed E-state index contributed by atoms with van der Waals surface area (Å²) in [4.78, 5) is 13.8. The highest BCUT2D eigenvalue weighted by molar-refractivity contribution is 5.91. The summed E-state index contributed by atoms with van der Waals surface area (Å²) in [5, 5.41) is 0. The number of halogens is 3. The molecule has 0 aliphatic carbocycles. The van der Waals surface area contributed by atoms with Crippen LogP contribution in [0.2, 0.25) is 0 Å². The number of nitrogen functional groups attached to an aromatic ring is 1. The number of anilines is 1. The van der Waals surface area contributed by atoms with Crippen LogP contribution in [0.3, 0.4) is 0 Å². The first kappa shape index (κ1) is 11.1. The number of hydrogen-bond acceptors (Lipinski definition) is 4. The third kappa shape index (κ3) is 3.01. The zero-order valence-corrected chi connectivity index (χ0v) is 7.21. The van der Waals surface area contributed by atoms with Crippen molar-refractivity contribution < 1.29 is 22.7 Å². The number of hydrogen-bond donors (Lipinski definition) is 2. The fourth-order valence-electron chi connectivity index (χ4n) is 0.780. The number of alkyl halides is 3. The van der Waals surface area contributed by atoms with E-state index in [9.17, 15) is 18.0 Å². The molecular formula is C7H6F3N3O2. The lowest BCUT2D eigenvalue weighted by Crippen LogP contribution is -2.20. The number of primary amides is 1. The van der Waals surface area contributed by atoms with E-state index in [1.54, 1.807) is 0 Å². The summed E-state index contributed by atoms with van der Waals surface area (Å²) < 4.78 is 38.9. The van der Waals surface area contributed by atoms with Gasteiger partial charge in [0.2, 0.25) is 5.88 Å². The summed E-state index contributed by atoms with van der Waals surface area (Å²) in [5.74, 6) is -1.86. The number of carbonyl (C=O) groups excluding carboxylic acids is 1. The first-order chi connectivity index (χ1) is 6.79. The van der Waals surface area contributed by atoms with E-state index in [-0.39, 0.29) is 11.4 Å². The number of rotatable bonds is 2. The van der Waals surface area contributed by atoms with Crippen molar-refractivity contribution in [2.24, 2.45) is 5.73 Å². The van der Waals surface area contributed by atoms with Crippen molar-refractivity contribution in [2.45, 2.75) is 6.36 Å². The Morgan fingerprint density at radius 3 is 2.47 bits per heavy atom. The molecule has 82 valence electrons. The fraction of sp³-hybridized carbons (Fsp3) is 0.143. The molecule has 1 rings (SSSR count). The summed E-state index contributed by atoms with van der Waals surface area (Å²) in [6, 6.07) is 2.15. The van der Waals surface area contributed by atoms with E-state index in [0.717, 1.165) is 12.1 Å². The first-order valence-electron chi connectivity index (χ1n) is 3.61. The van der Waals surface area contributed by atoms with Gasteiger partial charge in [0.25, 0.3) is 5.91 Å². The van der Waals surface area contributed by atoms with Gasteiger partial charge in [-0.2, -0.15) is 0 Å². The highest BCUT2D eigenvalue weighted by Crippen LogP contribution is 2.26. The van der Waals surface area contributed by atoms with Crippen LogP contribution in [-0.4, -0.2) is 17.3 Å². The van der Waals surface area contributed by atoms with Crippen LogP contribution in [0.5, 0.6) is 5.88 Å². The van der Waals surface area contributed by atoms with Crippen molar-refractivity contribution in [3.05, 3.63) is 17.8 Å². The topological polar surface area (TPSA) is 91.2 Å². The van der Waals surface area contributed by atoms with Gasteiger partial charge in [0.05, 0.1) is 5.69 Å². The monoisotopic (exact) mass is 221 g/mol. The minimum Gasteiger partial charge on any atom is -0.394 e. The molecule has 0 aliphatic heterocycles. The van der Waals surface area contributed by atoms with E-state index >= 15 is 0 Å². The second-order valence-corrected chi connectivity index (χ2v) is 2.50. The maximum absolute atomic E-state index is 11.8. The van der Waals surface area contributed by atoms with E-state index in [1.165, 1.54) is 0 Å². The standard InChI is InChI=1S/C7H6F3N3O2/c8-7(9,10)15-6-3(11)1-2-4(13-6)5(12)14/h1-2H,11H2,(H2,12,14). The lowest BCUT2D eigenvalue weighted by atomic mass is 10.3. The van der Waals surface area contributed by atoms with E-state index in [4.69, 9.17) is 11.5 Å². The Bertz CT molecular complexity index is 392. The largest absolute Gasteiger partial charge is 0.574 e. The molecule has 15 heavy (non-hydrogen) atoms. The Labute approximate surface area is 81.8 Å². The van der Waals surface area contributed by atoms with Crippen molar-refractivity contribution in [2.75, 3.05) is 5.73 Å². The number of nitrogens with zero attached hydrogens (tertiary/aromatic N) is 1. The molecule has 0 saturated heterocycles. The molecule has 0 aromatic carbocycles. The van der Waals surface area contributed by atoms with Gasteiger partial charge in [0.1, 0.15) is 5.69 Å². The van der Waals surface area contributed by atoms with Crippen molar-refractivity contribution in [1.82, 2.24) is 4.98 Å². The molecule has 4 N–H and O–H groups in total. The molecule has 1 heterocycles. The van der Waals surface area contributed by atoms with Crippen LogP contribution >= 0.6 is 0 Å². The summed E-state index contributed by atoms with van der Waals surface area (Å²) in [6.45, 7) is 0. The summed E-state index contributed by atoms with van der Waals surface area (Å²) >= 11 is 0. The molecular weight excluding hydrogens is 215 g/mol. The molecule has 0 atom stereocenters. The van der Waals surface area contributed by atoms with Crippen LogP contribution in [0.25, 0.3) is 0 Å². The maximum Gasteiger partial charge on any atom is 0.574 e. The van der Waals surface area contributed by atoms with Gasteiger partial charge < -0.3 is 16.2 Å². The van der Waals surface area contributed by atoms with Crippen LogP contribution in [0, 0.1) is 0 Å². The lowest BCUT2D eigenvalue weighted by molar-refractivity contribution is -0.275. The minimum atomic E-state index is -4.92. The Kier molecular flexibility index (Phi) is 2.69. The summed E-state index contributed by atoms with van der Waals surface area (Å²) in [5.41, 5.74) is 9.28. The molecule has 0 aliphatic rings. The number of aromatic nitrogens is 1. The SMILES string of the molecule is NC(=O)c1ccc(N)c(OC(F)(F)F)n1. The highest BCUT2D eigenvalue weighted by atomic mass is 19.4. The predicted molar refractivity (Wildman–Crippen MR) is 43.9 cm³/mol. The average molecular weight is 221 g/mol. The first-order valence-corrected chi connectivity index (χ1v) is 3.61. The van der Waals surface area contributed by atoms with Gasteiger partial charge in [-0.15, -0.1) is 13.2 Å². The maximum atomic E-state index is 11.8. The van der Waals surface area contributed by atoms with Crippen LogP contribution < -0.4 is 16.2 Å². The Hall–Kier alpha value is -1.99. The molecule has 0 radical (unpaired) electrons. The number of pyridine rings is 1. The smallest absolute Gasteiger partial charge is 0.394 e. The second kappa shape index (κ2) is 3.64. The molecule has 1 aromatic heterocycles. The Morgan fingerprint density at radius 1 is 1.40 bits per heavy atom. The van der Waals surface area contributed by atoms with E-state index < -0.39 is 18.1 Å². The minimum absolute atomic E-state index is 0.336. The van der Waals surface area contributed by atoms with Crippen LogP contribution in [-0.2, 0) is 0 Å². The molecule has 1 amide bonds. The number of nitrogens with two attached hydrogens (primary N) is 2. The molecule has 5 nitrogen and oxygen atoms in total. The molecule has 1 aromatic rings. The second-order valence-electron chi connectivity index (χ2n) is 2.50. The van der Waals surface area contributed by atoms with Crippen molar-refractivity contribution >= 4 is 11.6 Å². The molecule has 0 spiro atoms. The Balaban J connectivity index is 3.06. The number of ether oxygens (including phenoxy) is 1. The van der Waals surface area contributed by atoms with Gasteiger partial charge in [-0.3, -0.25) is 4.79 Å². The van der Waals surface area contributed by atoms with Gasteiger partial charge in [0.15, 0.2) is 0 Å². The van der Waals surface area contributed by atoms with Crippen molar-refractivity contribution in [3.8, 4) is 5.88 Å². The molecule has 0 unspecified atom stereocenters.